The Balaban J connectivity index is 1.74. The number of nitrogens with zero attached hydrogens (tertiary/aromatic N) is 3. The Bertz CT molecular complexity index is 886. The van der Waals surface area contributed by atoms with Crippen LogP contribution in [-0.2, 0) is 9.59 Å². The molecule has 0 saturated heterocycles. The molecule has 146 valence electrons. The van der Waals surface area contributed by atoms with Crippen molar-refractivity contribution >= 4 is 34.6 Å². The van der Waals surface area contributed by atoms with E-state index in [2.05, 4.69) is 29.2 Å². The minimum Gasteiger partial charge on any atom is -0.372 e. The molecule has 3 rings (SSSR count). The van der Waals surface area contributed by atoms with Crippen LogP contribution in [0.1, 0.15) is 32.3 Å². The van der Waals surface area contributed by atoms with Crippen LogP contribution in [0.15, 0.2) is 53.6 Å². The summed E-state index contributed by atoms with van der Waals surface area (Å²) in [6, 6.07) is 15.3. The summed E-state index contributed by atoms with van der Waals surface area (Å²) in [5.41, 5.74) is 3.90. The fraction of sp³-hybridized carbons (Fsp3) is 0.318. The predicted molar refractivity (Wildman–Crippen MR) is 114 cm³/mol. The third-order valence-electron chi connectivity index (χ3n) is 4.79. The van der Waals surface area contributed by atoms with Gasteiger partial charge in [0.15, 0.2) is 0 Å². The van der Waals surface area contributed by atoms with Crippen molar-refractivity contribution in [1.82, 2.24) is 0 Å². The van der Waals surface area contributed by atoms with Crippen molar-refractivity contribution in [2.45, 2.75) is 33.6 Å². The van der Waals surface area contributed by atoms with Crippen molar-refractivity contribution in [1.29, 1.82) is 0 Å². The van der Waals surface area contributed by atoms with Crippen molar-refractivity contribution in [2.75, 3.05) is 28.3 Å². The number of carbonyl (C=O) groups excluding carboxylic acids is 2. The summed E-state index contributed by atoms with van der Waals surface area (Å²) in [4.78, 5) is 27.2. The summed E-state index contributed by atoms with van der Waals surface area (Å²) < 4.78 is 0. The molecule has 1 N–H and O–H groups in total. The maximum Gasteiger partial charge on any atom is 0.271 e. The maximum atomic E-state index is 12.7. The van der Waals surface area contributed by atoms with E-state index in [0.717, 1.165) is 24.3 Å². The largest absolute Gasteiger partial charge is 0.372 e. The summed E-state index contributed by atoms with van der Waals surface area (Å²) in [6.07, 6.45) is 0.603. The lowest BCUT2D eigenvalue weighted by molar-refractivity contribution is -0.118. The second-order valence-corrected chi connectivity index (χ2v) is 6.76. The molecule has 0 aromatic heterocycles. The number of aryl methyl sites for hydroxylation is 1. The molecule has 6 nitrogen and oxygen atoms in total. The lowest BCUT2D eigenvalue weighted by atomic mass is 10.1. The molecule has 1 aliphatic rings. The number of benzene rings is 2. The van der Waals surface area contributed by atoms with E-state index in [9.17, 15) is 9.59 Å². The molecule has 28 heavy (non-hydrogen) atoms. The van der Waals surface area contributed by atoms with E-state index in [1.807, 2.05) is 55.5 Å². The zero-order valence-electron chi connectivity index (χ0n) is 16.6. The van der Waals surface area contributed by atoms with Gasteiger partial charge in [-0.05, 0) is 62.7 Å². The molecule has 2 aromatic carbocycles. The van der Waals surface area contributed by atoms with Crippen LogP contribution < -0.4 is 15.2 Å². The first-order valence-corrected chi connectivity index (χ1v) is 9.65. The maximum absolute atomic E-state index is 12.7. The van der Waals surface area contributed by atoms with Gasteiger partial charge in [0.2, 0.25) is 5.91 Å². The Morgan fingerprint density at radius 2 is 1.82 bits per heavy atom. The molecule has 2 amide bonds. The van der Waals surface area contributed by atoms with Crippen LogP contribution in [0, 0.1) is 6.92 Å². The first-order chi connectivity index (χ1) is 13.5. The van der Waals surface area contributed by atoms with Crippen LogP contribution in [0.2, 0.25) is 0 Å². The number of carbonyl (C=O) groups is 2. The summed E-state index contributed by atoms with van der Waals surface area (Å²) >= 11 is 0. The standard InChI is InChI=1S/C22H26N4O2/c1-4-25(5-2)18-11-9-17(10-12-18)23-22(28)20-13-14-21(27)26(24-20)19-8-6-7-16(3)15-19/h6-12,15H,4-5,13-14H2,1-3H3,(H,23,28). The van der Waals surface area contributed by atoms with Gasteiger partial charge in [0.1, 0.15) is 5.71 Å². The molecule has 0 bridgehead atoms. The Hall–Kier alpha value is -3.15. The molecular weight excluding hydrogens is 352 g/mol. The highest BCUT2D eigenvalue weighted by Crippen LogP contribution is 2.22. The highest BCUT2D eigenvalue weighted by Gasteiger charge is 2.25. The lowest BCUT2D eigenvalue weighted by Gasteiger charge is -2.23. The van der Waals surface area contributed by atoms with Gasteiger partial charge in [-0.25, -0.2) is 5.01 Å². The molecule has 6 heteroatoms. The van der Waals surface area contributed by atoms with Gasteiger partial charge in [-0.15, -0.1) is 0 Å². The van der Waals surface area contributed by atoms with Crippen LogP contribution in [0.5, 0.6) is 0 Å². The van der Waals surface area contributed by atoms with Crippen LogP contribution in [0.25, 0.3) is 0 Å². The molecule has 0 aliphatic carbocycles. The molecule has 2 aromatic rings. The van der Waals surface area contributed by atoms with E-state index in [1.165, 1.54) is 5.01 Å². The van der Waals surface area contributed by atoms with Gasteiger partial charge in [0.05, 0.1) is 5.69 Å². The first kappa shape index (κ1) is 19.6. The Morgan fingerprint density at radius 3 is 2.46 bits per heavy atom. The van der Waals surface area contributed by atoms with Gasteiger partial charge in [0, 0.05) is 37.3 Å². The Labute approximate surface area is 165 Å². The van der Waals surface area contributed by atoms with E-state index in [1.54, 1.807) is 0 Å². The molecule has 0 atom stereocenters. The van der Waals surface area contributed by atoms with E-state index < -0.39 is 0 Å². The molecule has 0 fully saturated rings. The number of rotatable bonds is 6. The minimum atomic E-state index is -0.277. The SMILES string of the molecule is CCN(CC)c1ccc(NC(=O)C2=NN(c3cccc(C)c3)C(=O)CC2)cc1. The smallest absolute Gasteiger partial charge is 0.271 e. The summed E-state index contributed by atoms with van der Waals surface area (Å²) in [7, 11) is 0. The summed E-state index contributed by atoms with van der Waals surface area (Å²) in [5, 5.41) is 8.54. The highest BCUT2D eigenvalue weighted by molar-refractivity contribution is 6.44. The molecule has 1 heterocycles. The number of hydrazone groups is 1. The third-order valence-corrected chi connectivity index (χ3v) is 4.79. The second-order valence-electron chi connectivity index (χ2n) is 6.76. The summed E-state index contributed by atoms with van der Waals surface area (Å²) in [6.45, 7) is 8.05. The quantitative estimate of drug-likeness (QED) is 0.827. The van der Waals surface area contributed by atoms with Crippen molar-refractivity contribution in [2.24, 2.45) is 5.10 Å². The normalized spacial score (nSPS) is 13.9. The molecule has 0 unspecified atom stereocenters. The van der Waals surface area contributed by atoms with Crippen LogP contribution in [-0.4, -0.2) is 30.6 Å². The average molecular weight is 378 g/mol. The van der Waals surface area contributed by atoms with Gasteiger partial charge in [-0.3, -0.25) is 9.59 Å². The number of amides is 2. The van der Waals surface area contributed by atoms with Crippen LogP contribution in [0.4, 0.5) is 17.1 Å². The van der Waals surface area contributed by atoms with Crippen LogP contribution >= 0.6 is 0 Å². The monoisotopic (exact) mass is 378 g/mol. The first-order valence-electron chi connectivity index (χ1n) is 9.65. The van der Waals surface area contributed by atoms with Crippen molar-refractivity contribution in [3.8, 4) is 0 Å². The number of anilines is 3. The summed E-state index contributed by atoms with van der Waals surface area (Å²) in [5.74, 6) is -0.383. The average Bonchev–Trinajstić information content (AvgIpc) is 2.70. The molecule has 0 radical (unpaired) electrons. The van der Waals surface area contributed by atoms with E-state index >= 15 is 0 Å². The fourth-order valence-electron chi connectivity index (χ4n) is 3.23. The van der Waals surface area contributed by atoms with E-state index in [4.69, 9.17) is 0 Å². The van der Waals surface area contributed by atoms with Gasteiger partial charge in [-0.2, -0.15) is 5.10 Å². The van der Waals surface area contributed by atoms with Crippen molar-refractivity contribution in [3.63, 3.8) is 0 Å². The fourth-order valence-corrected chi connectivity index (χ4v) is 3.23. The molecule has 0 spiro atoms. The van der Waals surface area contributed by atoms with E-state index in [-0.39, 0.29) is 18.2 Å². The number of hydrogen-bond acceptors (Lipinski definition) is 4. The van der Waals surface area contributed by atoms with Gasteiger partial charge >= 0.3 is 0 Å². The number of nitrogens with one attached hydrogen (secondary N) is 1. The Kier molecular flexibility index (Phi) is 6.09. The minimum absolute atomic E-state index is 0.106. The van der Waals surface area contributed by atoms with Crippen molar-refractivity contribution < 1.29 is 9.59 Å². The highest BCUT2D eigenvalue weighted by atomic mass is 16.2. The van der Waals surface area contributed by atoms with Gasteiger partial charge in [-0.1, -0.05) is 12.1 Å². The molecular formula is C22H26N4O2. The zero-order valence-corrected chi connectivity index (χ0v) is 16.6. The predicted octanol–water partition coefficient (Wildman–Crippen LogP) is 3.96. The lowest BCUT2D eigenvalue weighted by Crippen LogP contribution is -2.36. The third kappa shape index (κ3) is 4.39. The van der Waals surface area contributed by atoms with Gasteiger partial charge < -0.3 is 10.2 Å². The van der Waals surface area contributed by atoms with Crippen molar-refractivity contribution in [3.05, 3.63) is 54.1 Å². The zero-order chi connectivity index (χ0) is 20.1. The Morgan fingerprint density at radius 1 is 1.11 bits per heavy atom. The molecule has 0 saturated carbocycles. The van der Waals surface area contributed by atoms with Crippen LogP contribution in [0.3, 0.4) is 0 Å². The van der Waals surface area contributed by atoms with Gasteiger partial charge in [0.25, 0.3) is 5.91 Å². The molecule has 1 aliphatic heterocycles. The topological polar surface area (TPSA) is 65.0 Å². The number of hydrogen-bond donors (Lipinski definition) is 1. The van der Waals surface area contributed by atoms with E-state index in [0.29, 0.717) is 23.5 Å². The second kappa shape index (κ2) is 8.69.